The quantitative estimate of drug-likeness (QED) is 0.355. The average Bonchev–Trinajstić information content (AvgIpc) is 2.58. The highest BCUT2D eigenvalue weighted by Crippen LogP contribution is 2.14. The number of rotatable bonds is 3. The number of nitrogens with zero attached hydrogens (tertiary/aromatic N) is 3. The van der Waals surface area contributed by atoms with Crippen molar-refractivity contribution in [2.75, 3.05) is 7.05 Å². The van der Waals surface area contributed by atoms with Gasteiger partial charge in [0, 0.05) is 12.4 Å². The van der Waals surface area contributed by atoms with Crippen LogP contribution in [-0.2, 0) is 6.54 Å². The molecule has 0 aliphatic rings. The van der Waals surface area contributed by atoms with Gasteiger partial charge in [0.15, 0.2) is 9.50 Å². The van der Waals surface area contributed by atoms with Crippen molar-refractivity contribution < 1.29 is 5.03 Å². The molecule has 0 fully saturated rings. The molecular weight excluding hydrogens is 242 g/mol. The molecule has 0 bridgehead atoms. The van der Waals surface area contributed by atoms with Gasteiger partial charge in [0.05, 0.1) is 12.2 Å². The van der Waals surface area contributed by atoms with Crippen LogP contribution < -0.4 is 10.6 Å². The van der Waals surface area contributed by atoms with Crippen LogP contribution in [0, 0.1) is 10.1 Å². The molecule has 0 saturated heterocycles. The Labute approximate surface area is 94.3 Å². The first-order chi connectivity index (χ1) is 7.11. The smallest absolute Gasteiger partial charge is 0.268 e. The summed E-state index contributed by atoms with van der Waals surface area (Å²) >= 11 is 6.92. The van der Waals surface area contributed by atoms with Crippen LogP contribution in [-0.4, -0.2) is 23.0 Å². The van der Waals surface area contributed by atoms with E-state index in [2.05, 4.69) is 20.7 Å². The van der Waals surface area contributed by atoms with Crippen molar-refractivity contribution in [1.29, 1.82) is 0 Å². The molecule has 0 radical (unpaired) electrons. The molecule has 1 rings (SSSR count). The Morgan fingerprint density at radius 2 is 2.60 bits per heavy atom. The van der Waals surface area contributed by atoms with Gasteiger partial charge in [-0.2, -0.15) is 0 Å². The molecule has 15 heavy (non-hydrogen) atoms. The first-order valence-electron chi connectivity index (χ1n) is 3.86. The van der Waals surface area contributed by atoms with E-state index in [-0.39, 0.29) is 5.96 Å². The van der Waals surface area contributed by atoms with Crippen molar-refractivity contribution in [2.24, 2.45) is 5.10 Å². The van der Waals surface area contributed by atoms with E-state index < -0.39 is 5.03 Å². The molecule has 0 aromatic carbocycles. The normalized spacial score (nSPS) is 11.2. The third-order valence-electron chi connectivity index (χ3n) is 1.38. The topological polar surface area (TPSA) is 92.5 Å². The molecule has 7 nitrogen and oxygen atoms in total. The fourth-order valence-corrected chi connectivity index (χ4v) is 1.57. The van der Waals surface area contributed by atoms with Gasteiger partial charge in [0.25, 0.3) is 5.96 Å². The predicted molar refractivity (Wildman–Crippen MR) is 57.5 cm³/mol. The fraction of sp³-hybridized carbons (Fsp3) is 0.333. The van der Waals surface area contributed by atoms with E-state index >= 15 is 0 Å². The zero-order chi connectivity index (χ0) is 11.3. The molecule has 1 heterocycles. The summed E-state index contributed by atoms with van der Waals surface area (Å²) in [6.07, 6.45) is 0. The lowest BCUT2D eigenvalue weighted by atomic mass is 10.5. The molecule has 0 amide bonds. The fourth-order valence-electron chi connectivity index (χ4n) is 0.793. The van der Waals surface area contributed by atoms with Crippen LogP contribution in [0.25, 0.3) is 0 Å². The van der Waals surface area contributed by atoms with Gasteiger partial charge < -0.3 is 10.6 Å². The van der Waals surface area contributed by atoms with Crippen LogP contribution in [0.15, 0.2) is 10.5 Å². The molecule has 0 spiro atoms. The van der Waals surface area contributed by atoms with Crippen molar-refractivity contribution in [3.05, 3.63) is 25.7 Å². The van der Waals surface area contributed by atoms with Crippen molar-refractivity contribution in [3.8, 4) is 0 Å². The molecule has 0 aliphatic carbocycles. The Kier molecular flexibility index (Phi) is 4.25. The standard InChI is InChI=1S/C6H8ClN5O2S/c1-8-6(11-12(13)14)9-2-4-3-15-5(7)10-4/h3H,2H2,1H3,(H2,8,9,11). The molecule has 0 saturated carbocycles. The van der Waals surface area contributed by atoms with E-state index in [4.69, 9.17) is 11.6 Å². The molecule has 0 unspecified atom stereocenters. The number of guanidine groups is 1. The molecule has 1 aromatic rings. The van der Waals surface area contributed by atoms with Crippen LogP contribution >= 0.6 is 22.9 Å². The zero-order valence-electron chi connectivity index (χ0n) is 7.73. The second kappa shape index (κ2) is 5.47. The second-order valence-electron chi connectivity index (χ2n) is 2.38. The largest absolute Gasteiger partial charge is 0.354 e. The summed E-state index contributed by atoms with van der Waals surface area (Å²) in [5, 5.41) is 19.4. The summed E-state index contributed by atoms with van der Waals surface area (Å²) in [6.45, 7) is 0.330. The monoisotopic (exact) mass is 249 g/mol. The number of nitro groups is 1. The number of hydrogen-bond donors (Lipinski definition) is 2. The van der Waals surface area contributed by atoms with Crippen molar-refractivity contribution in [3.63, 3.8) is 0 Å². The average molecular weight is 250 g/mol. The van der Waals surface area contributed by atoms with Gasteiger partial charge in [-0.15, -0.1) is 11.3 Å². The SMILES string of the molecule is CNC(=N[N+](=O)[O-])NCc1csc(Cl)n1. The highest BCUT2D eigenvalue weighted by molar-refractivity contribution is 7.13. The maximum Gasteiger partial charge on any atom is 0.268 e. The van der Waals surface area contributed by atoms with Gasteiger partial charge in [-0.1, -0.05) is 11.6 Å². The van der Waals surface area contributed by atoms with Gasteiger partial charge >= 0.3 is 0 Å². The minimum Gasteiger partial charge on any atom is -0.354 e. The Hall–Kier alpha value is -1.41. The zero-order valence-corrected chi connectivity index (χ0v) is 9.30. The summed E-state index contributed by atoms with van der Waals surface area (Å²) in [6, 6.07) is 0. The molecular formula is C6H8ClN5O2S. The number of nitrogens with one attached hydrogen (secondary N) is 2. The lowest BCUT2D eigenvalue weighted by Gasteiger charge is -2.02. The third-order valence-corrected chi connectivity index (χ3v) is 2.41. The van der Waals surface area contributed by atoms with Crippen LogP contribution in [0.4, 0.5) is 0 Å². The third kappa shape index (κ3) is 4.09. The first-order valence-corrected chi connectivity index (χ1v) is 5.12. The number of halogens is 1. The molecule has 0 aliphatic heterocycles. The van der Waals surface area contributed by atoms with E-state index in [9.17, 15) is 10.1 Å². The number of aromatic nitrogens is 1. The lowest BCUT2D eigenvalue weighted by Crippen LogP contribution is -2.35. The van der Waals surface area contributed by atoms with Gasteiger partial charge in [-0.3, -0.25) is 0 Å². The Morgan fingerprint density at radius 1 is 1.87 bits per heavy atom. The van der Waals surface area contributed by atoms with Gasteiger partial charge in [0.1, 0.15) is 5.10 Å². The van der Waals surface area contributed by atoms with Crippen LogP contribution in [0.2, 0.25) is 4.47 Å². The van der Waals surface area contributed by atoms with Crippen molar-refractivity contribution in [1.82, 2.24) is 15.6 Å². The molecule has 1 aromatic heterocycles. The summed E-state index contributed by atoms with van der Waals surface area (Å²) in [5.74, 6) is 0.0733. The van der Waals surface area contributed by atoms with E-state index in [1.54, 1.807) is 5.38 Å². The number of hydrazone groups is 1. The minimum absolute atomic E-state index is 0.0733. The number of hydrogen-bond acceptors (Lipinski definition) is 4. The van der Waals surface area contributed by atoms with Crippen LogP contribution in [0.3, 0.4) is 0 Å². The Balaban J connectivity index is 2.51. The van der Waals surface area contributed by atoms with Crippen LogP contribution in [0.1, 0.15) is 5.69 Å². The number of thiazole rings is 1. The van der Waals surface area contributed by atoms with Gasteiger partial charge in [0.2, 0.25) is 0 Å². The minimum atomic E-state index is -0.785. The van der Waals surface area contributed by atoms with E-state index in [1.165, 1.54) is 18.4 Å². The summed E-state index contributed by atoms with van der Waals surface area (Å²) in [5.41, 5.74) is 0.705. The Morgan fingerprint density at radius 3 is 3.07 bits per heavy atom. The summed E-state index contributed by atoms with van der Waals surface area (Å²) < 4.78 is 0.434. The second-order valence-corrected chi connectivity index (χ2v) is 3.82. The summed E-state index contributed by atoms with van der Waals surface area (Å²) in [4.78, 5) is 14.1. The van der Waals surface area contributed by atoms with Crippen LogP contribution in [0.5, 0.6) is 0 Å². The van der Waals surface area contributed by atoms with Crippen molar-refractivity contribution in [2.45, 2.75) is 6.54 Å². The highest BCUT2D eigenvalue weighted by Gasteiger charge is 2.04. The molecule has 2 N–H and O–H groups in total. The first kappa shape index (κ1) is 11.7. The van der Waals surface area contributed by atoms with Gasteiger partial charge in [-0.25, -0.2) is 15.1 Å². The maximum atomic E-state index is 10.1. The van der Waals surface area contributed by atoms with E-state index in [0.717, 1.165) is 0 Å². The molecule has 82 valence electrons. The van der Waals surface area contributed by atoms with E-state index in [1.807, 2.05) is 0 Å². The lowest BCUT2D eigenvalue weighted by molar-refractivity contribution is -0.485. The molecule has 9 heteroatoms. The van der Waals surface area contributed by atoms with Crippen molar-refractivity contribution >= 4 is 28.9 Å². The summed E-state index contributed by atoms with van der Waals surface area (Å²) in [7, 11) is 1.53. The highest BCUT2D eigenvalue weighted by atomic mass is 35.5. The predicted octanol–water partition coefficient (Wildman–Crippen LogP) is 0.653. The van der Waals surface area contributed by atoms with Gasteiger partial charge in [-0.05, 0) is 0 Å². The maximum absolute atomic E-state index is 10.1. The Bertz CT molecular complexity index is 379. The van der Waals surface area contributed by atoms with E-state index in [0.29, 0.717) is 16.7 Å². The molecule has 0 atom stereocenters.